The lowest BCUT2D eigenvalue weighted by molar-refractivity contribution is 0.0507. The lowest BCUT2D eigenvalue weighted by Gasteiger charge is -2.38. The second-order valence-corrected chi connectivity index (χ2v) is 8.11. The lowest BCUT2D eigenvalue weighted by Crippen LogP contribution is -2.55. The highest BCUT2D eigenvalue weighted by atomic mass is 35.5. The molecule has 1 aromatic heterocycles. The average Bonchev–Trinajstić information content (AvgIpc) is 2.77. The number of fused-ring (bicyclic) bond motifs is 1. The maximum atomic E-state index is 13.1. The number of carbonyl (C=O) groups excluding carboxylic acids is 1. The third-order valence-corrected chi connectivity index (χ3v) is 5.94. The molecule has 0 spiro atoms. The normalized spacial score (nSPS) is 16.5. The van der Waals surface area contributed by atoms with Crippen molar-refractivity contribution in [2.45, 2.75) is 19.5 Å². The zero-order valence-electron chi connectivity index (χ0n) is 17.1. The van der Waals surface area contributed by atoms with Crippen LogP contribution in [0.1, 0.15) is 22.8 Å². The molecule has 0 saturated carbocycles. The summed E-state index contributed by atoms with van der Waals surface area (Å²) in [7, 11) is 0. The van der Waals surface area contributed by atoms with E-state index in [0.717, 1.165) is 16.5 Å². The molecular formula is C23H23ClN4O3. The molecule has 2 amide bonds. The number of nitrogens with two attached hydrogens (primary N) is 1. The molecule has 7 nitrogen and oxygen atoms in total. The number of nitrogens with zero attached hydrogens (tertiary/aromatic N) is 3. The van der Waals surface area contributed by atoms with Gasteiger partial charge in [0.2, 0.25) is 0 Å². The van der Waals surface area contributed by atoms with Crippen molar-refractivity contribution < 1.29 is 14.7 Å². The van der Waals surface area contributed by atoms with E-state index in [-0.39, 0.29) is 11.9 Å². The lowest BCUT2D eigenvalue weighted by atomic mass is 10.0. The maximum Gasteiger partial charge on any atom is 0.407 e. The number of pyridine rings is 1. The summed E-state index contributed by atoms with van der Waals surface area (Å²) in [5.74, 6) is -0.146. The number of halogens is 1. The average molecular weight is 439 g/mol. The molecule has 3 N–H and O–H groups in total. The van der Waals surface area contributed by atoms with Gasteiger partial charge in [-0.05, 0) is 36.8 Å². The first-order valence-corrected chi connectivity index (χ1v) is 10.4. The van der Waals surface area contributed by atoms with Crippen LogP contribution < -0.4 is 5.73 Å². The number of hydrogen-bond acceptors (Lipinski definition) is 4. The van der Waals surface area contributed by atoms with Crippen LogP contribution in [0.3, 0.4) is 0 Å². The van der Waals surface area contributed by atoms with E-state index in [1.165, 1.54) is 4.90 Å². The summed E-state index contributed by atoms with van der Waals surface area (Å²) in [4.78, 5) is 32.1. The Morgan fingerprint density at radius 3 is 2.71 bits per heavy atom. The molecule has 0 unspecified atom stereocenters. The Morgan fingerprint density at radius 1 is 1.19 bits per heavy atom. The van der Waals surface area contributed by atoms with Crippen LogP contribution in [0.15, 0.2) is 48.5 Å². The van der Waals surface area contributed by atoms with E-state index in [2.05, 4.69) is 0 Å². The van der Waals surface area contributed by atoms with Crippen molar-refractivity contribution in [3.63, 3.8) is 0 Å². The van der Waals surface area contributed by atoms with Gasteiger partial charge in [-0.1, -0.05) is 35.9 Å². The number of hydrogen-bond donors (Lipinski definition) is 2. The van der Waals surface area contributed by atoms with Crippen molar-refractivity contribution in [1.82, 2.24) is 14.8 Å². The monoisotopic (exact) mass is 438 g/mol. The van der Waals surface area contributed by atoms with Crippen molar-refractivity contribution in [2.75, 3.05) is 19.6 Å². The summed E-state index contributed by atoms with van der Waals surface area (Å²) in [5, 5.41) is 10.6. The molecule has 0 bridgehead atoms. The molecule has 0 aliphatic carbocycles. The Morgan fingerprint density at radius 2 is 2.00 bits per heavy atom. The second kappa shape index (κ2) is 8.53. The van der Waals surface area contributed by atoms with Crippen LogP contribution in [0.5, 0.6) is 0 Å². The minimum atomic E-state index is -0.963. The van der Waals surface area contributed by atoms with Gasteiger partial charge < -0.3 is 20.6 Å². The fourth-order valence-electron chi connectivity index (χ4n) is 3.93. The van der Waals surface area contributed by atoms with Gasteiger partial charge in [-0.3, -0.25) is 4.79 Å². The van der Waals surface area contributed by atoms with Gasteiger partial charge >= 0.3 is 6.09 Å². The SMILES string of the molecule is C[C@H]1CN(C(=O)c2ccc3c(Cl)cc(-c4cccc(CN)c4)nc3c2)CCN1C(=O)O. The van der Waals surface area contributed by atoms with Crippen molar-refractivity contribution in [3.8, 4) is 11.3 Å². The van der Waals surface area contributed by atoms with Crippen LogP contribution in [-0.4, -0.2) is 57.6 Å². The molecular weight excluding hydrogens is 416 g/mol. The summed E-state index contributed by atoms with van der Waals surface area (Å²) in [6.07, 6.45) is -0.963. The van der Waals surface area contributed by atoms with Crippen molar-refractivity contribution >= 4 is 34.5 Å². The molecule has 1 fully saturated rings. The smallest absolute Gasteiger partial charge is 0.407 e. The van der Waals surface area contributed by atoms with E-state index >= 15 is 0 Å². The van der Waals surface area contributed by atoms with Crippen LogP contribution in [0.4, 0.5) is 4.79 Å². The van der Waals surface area contributed by atoms with Crippen LogP contribution in [0, 0.1) is 0 Å². The van der Waals surface area contributed by atoms with Crippen LogP contribution in [-0.2, 0) is 6.54 Å². The molecule has 1 aliphatic heterocycles. The third-order valence-electron chi connectivity index (χ3n) is 5.63. The highest BCUT2D eigenvalue weighted by Crippen LogP contribution is 2.29. The number of benzene rings is 2. The Labute approximate surface area is 185 Å². The van der Waals surface area contributed by atoms with Crippen LogP contribution in [0.2, 0.25) is 5.02 Å². The molecule has 2 aromatic carbocycles. The quantitative estimate of drug-likeness (QED) is 0.647. The van der Waals surface area contributed by atoms with E-state index in [1.54, 1.807) is 30.0 Å². The number of piperazine rings is 1. The van der Waals surface area contributed by atoms with Crippen LogP contribution >= 0.6 is 11.6 Å². The van der Waals surface area contributed by atoms with Gasteiger partial charge in [0.15, 0.2) is 0 Å². The summed E-state index contributed by atoms with van der Waals surface area (Å²) in [6, 6.07) is 14.6. The molecule has 3 aromatic rings. The number of amides is 2. The van der Waals surface area contributed by atoms with E-state index in [0.29, 0.717) is 48.0 Å². The second-order valence-electron chi connectivity index (χ2n) is 7.70. The molecule has 2 heterocycles. The van der Waals surface area contributed by atoms with Gasteiger partial charge in [0.1, 0.15) is 0 Å². The third kappa shape index (κ3) is 4.19. The molecule has 160 valence electrons. The predicted molar refractivity (Wildman–Crippen MR) is 120 cm³/mol. The molecule has 0 radical (unpaired) electrons. The molecule has 4 rings (SSSR count). The Kier molecular flexibility index (Phi) is 5.80. The summed E-state index contributed by atoms with van der Waals surface area (Å²) < 4.78 is 0. The van der Waals surface area contributed by atoms with Crippen molar-refractivity contribution in [2.24, 2.45) is 5.73 Å². The molecule has 8 heteroatoms. The summed E-state index contributed by atoms with van der Waals surface area (Å²) in [5.41, 5.74) is 9.49. The molecule has 1 saturated heterocycles. The first kappa shape index (κ1) is 21.1. The first-order valence-electron chi connectivity index (χ1n) is 10.1. The molecule has 1 aliphatic rings. The zero-order valence-corrected chi connectivity index (χ0v) is 17.8. The van der Waals surface area contributed by atoms with E-state index in [4.69, 9.17) is 22.3 Å². The van der Waals surface area contributed by atoms with Gasteiger partial charge in [-0.25, -0.2) is 9.78 Å². The van der Waals surface area contributed by atoms with Crippen molar-refractivity contribution in [3.05, 3.63) is 64.7 Å². The Bertz CT molecular complexity index is 1170. The minimum Gasteiger partial charge on any atom is -0.465 e. The Hall–Kier alpha value is -3.16. The first-order chi connectivity index (χ1) is 14.9. The zero-order chi connectivity index (χ0) is 22.1. The predicted octanol–water partition coefficient (Wildman–Crippen LogP) is 3.84. The van der Waals surface area contributed by atoms with Gasteiger partial charge in [-0.2, -0.15) is 0 Å². The largest absolute Gasteiger partial charge is 0.465 e. The highest BCUT2D eigenvalue weighted by Gasteiger charge is 2.30. The van der Waals surface area contributed by atoms with E-state index in [1.807, 2.05) is 30.3 Å². The molecule has 31 heavy (non-hydrogen) atoms. The van der Waals surface area contributed by atoms with E-state index in [9.17, 15) is 14.7 Å². The topological polar surface area (TPSA) is 99.8 Å². The van der Waals surface area contributed by atoms with Gasteiger partial charge in [0.25, 0.3) is 5.91 Å². The Balaban J connectivity index is 1.65. The summed E-state index contributed by atoms with van der Waals surface area (Å²) >= 11 is 6.51. The number of rotatable bonds is 3. The standard InChI is InChI=1S/C23H23ClN4O3/c1-14-13-27(7-8-28(14)23(30)31)22(29)17-5-6-18-19(24)11-20(26-21(18)10-17)16-4-2-3-15(9-16)12-25/h2-6,9-11,14H,7-8,12-13,25H2,1H3,(H,30,31)/t14-/m0/s1. The fraction of sp³-hybridized carbons (Fsp3) is 0.261. The van der Waals surface area contributed by atoms with Gasteiger partial charge in [0.05, 0.1) is 16.2 Å². The van der Waals surface area contributed by atoms with Gasteiger partial charge in [-0.15, -0.1) is 0 Å². The van der Waals surface area contributed by atoms with Gasteiger partial charge in [0, 0.05) is 48.7 Å². The maximum absolute atomic E-state index is 13.1. The minimum absolute atomic E-state index is 0.146. The number of carboxylic acid groups (broad SMARTS) is 1. The number of aromatic nitrogens is 1. The summed E-state index contributed by atoms with van der Waals surface area (Å²) in [6.45, 7) is 3.23. The fourth-order valence-corrected chi connectivity index (χ4v) is 4.20. The van der Waals surface area contributed by atoms with Crippen molar-refractivity contribution in [1.29, 1.82) is 0 Å². The van der Waals surface area contributed by atoms with Crippen LogP contribution in [0.25, 0.3) is 22.2 Å². The molecule has 1 atom stereocenters. The number of carbonyl (C=O) groups is 2. The highest BCUT2D eigenvalue weighted by molar-refractivity contribution is 6.35. The van der Waals surface area contributed by atoms with E-state index < -0.39 is 6.09 Å².